The maximum absolute atomic E-state index is 10.4. The minimum atomic E-state index is -0.00449. The Morgan fingerprint density at radius 1 is 1.15 bits per heavy atom. The summed E-state index contributed by atoms with van der Waals surface area (Å²) in [5, 5.41) is 15.0. The van der Waals surface area contributed by atoms with E-state index < -0.39 is 0 Å². The number of fused-ring (bicyclic) bond motifs is 1. The Labute approximate surface area is 120 Å². The van der Waals surface area contributed by atoms with Crippen molar-refractivity contribution >= 4 is 17.4 Å². The zero-order valence-corrected chi connectivity index (χ0v) is 12.1. The molecule has 6 heteroatoms. The van der Waals surface area contributed by atoms with Gasteiger partial charge in [0.1, 0.15) is 6.33 Å². The first-order valence-electron chi connectivity index (χ1n) is 6.15. The van der Waals surface area contributed by atoms with E-state index in [0.29, 0.717) is 22.1 Å². The third-order valence-electron chi connectivity index (χ3n) is 3.44. The molecule has 2 aromatic heterocycles. The number of benzene rings is 1. The Balaban J connectivity index is 2.37. The molecular formula is C14H13ClN4O. The van der Waals surface area contributed by atoms with Gasteiger partial charge >= 0.3 is 0 Å². The van der Waals surface area contributed by atoms with Crippen molar-refractivity contribution in [2.24, 2.45) is 0 Å². The van der Waals surface area contributed by atoms with Crippen LogP contribution in [-0.4, -0.2) is 24.7 Å². The van der Waals surface area contributed by atoms with Crippen molar-refractivity contribution in [1.29, 1.82) is 0 Å². The van der Waals surface area contributed by atoms with Gasteiger partial charge < -0.3 is 5.11 Å². The average Bonchev–Trinajstić information content (AvgIpc) is 2.83. The van der Waals surface area contributed by atoms with Crippen molar-refractivity contribution in [3.8, 4) is 17.0 Å². The molecule has 20 heavy (non-hydrogen) atoms. The maximum atomic E-state index is 10.4. The van der Waals surface area contributed by atoms with Crippen molar-refractivity contribution in [3.05, 3.63) is 40.3 Å². The van der Waals surface area contributed by atoms with Crippen LogP contribution in [0.2, 0.25) is 5.02 Å². The van der Waals surface area contributed by atoms with E-state index in [9.17, 15) is 5.11 Å². The first-order valence-corrected chi connectivity index (χ1v) is 6.53. The minimum absolute atomic E-state index is 0.00449. The predicted molar refractivity (Wildman–Crippen MR) is 77.1 cm³/mol. The molecule has 0 amide bonds. The van der Waals surface area contributed by atoms with E-state index in [4.69, 9.17) is 11.6 Å². The number of halogens is 1. The van der Waals surface area contributed by atoms with Crippen LogP contribution in [0.4, 0.5) is 0 Å². The Hall–Kier alpha value is -2.14. The molecule has 102 valence electrons. The molecule has 0 radical (unpaired) electrons. The van der Waals surface area contributed by atoms with Gasteiger partial charge in [0, 0.05) is 10.6 Å². The third kappa shape index (κ3) is 1.82. The van der Waals surface area contributed by atoms with Gasteiger partial charge in [-0.1, -0.05) is 11.6 Å². The number of hydrogen-bond acceptors (Lipinski definition) is 4. The molecule has 0 unspecified atom stereocenters. The summed E-state index contributed by atoms with van der Waals surface area (Å²) in [5.41, 5.74) is 4.19. The summed E-state index contributed by atoms with van der Waals surface area (Å²) in [6.07, 6.45) is 1.35. The second-order valence-corrected chi connectivity index (χ2v) is 5.19. The molecule has 1 aromatic carbocycles. The van der Waals surface area contributed by atoms with Gasteiger partial charge in [-0.15, -0.1) is 0 Å². The lowest BCUT2D eigenvalue weighted by molar-refractivity contribution is 0.437. The van der Waals surface area contributed by atoms with Gasteiger partial charge in [-0.3, -0.25) is 0 Å². The van der Waals surface area contributed by atoms with Crippen LogP contribution in [0.5, 0.6) is 5.88 Å². The van der Waals surface area contributed by atoms with E-state index in [0.717, 1.165) is 16.7 Å². The van der Waals surface area contributed by atoms with Crippen molar-refractivity contribution < 1.29 is 5.11 Å². The van der Waals surface area contributed by atoms with Gasteiger partial charge in [0.15, 0.2) is 0 Å². The van der Waals surface area contributed by atoms with Gasteiger partial charge in [0.2, 0.25) is 5.88 Å². The SMILES string of the molecule is Cc1cc(Cl)c(-c2c(C)nc3ncnn3c2O)cc1C. The molecule has 3 aromatic rings. The maximum Gasteiger partial charge on any atom is 0.255 e. The molecule has 3 rings (SSSR count). The van der Waals surface area contributed by atoms with E-state index in [1.165, 1.54) is 10.8 Å². The molecule has 2 heterocycles. The monoisotopic (exact) mass is 288 g/mol. The molecule has 0 atom stereocenters. The Morgan fingerprint density at radius 2 is 1.85 bits per heavy atom. The lowest BCUT2D eigenvalue weighted by Gasteiger charge is -2.12. The van der Waals surface area contributed by atoms with E-state index in [1.807, 2.05) is 32.9 Å². The Kier molecular flexibility index (Phi) is 2.87. The molecule has 0 fully saturated rings. The second kappa shape index (κ2) is 4.45. The highest BCUT2D eigenvalue weighted by Crippen LogP contribution is 2.37. The molecule has 0 bridgehead atoms. The van der Waals surface area contributed by atoms with E-state index >= 15 is 0 Å². The van der Waals surface area contributed by atoms with Crippen molar-refractivity contribution in [1.82, 2.24) is 19.6 Å². The number of hydrogen-bond donors (Lipinski definition) is 1. The van der Waals surface area contributed by atoms with Crippen LogP contribution in [0.1, 0.15) is 16.8 Å². The summed E-state index contributed by atoms with van der Waals surface area (Å²) in [6, 6.07) is 3.83. The number of aromatic nitrogens is 4. The fourth-order valence-electron chi connectivity index (χ4n) is 2.22. The summed E-state index contributed by atoms with van der Waals surface area (Å²) < 4.78 is 1.30. The van der Waals surface area contributed by atoms with E-state index in [1.54, 1.807) is 0 Å². The Bertz CT molecular complexity index is 826. The van der Waals surface area contributed by atoms with E-state index in [2.05, 4.69) is 15.1 Å². The third-order valence-corrected chi connectivity index (χ3v) is 3.75. The first kappa shape index (κ1) is 12.9. The van der Waals surface area contributed by atoms with Crippen molar-refractivity contribution in [2.45, 2.75) is 20.8 Å². The summed E-state index contributed by atoms with van der Waals surface area (Å²) in [4.78, 5) is 8.31. The lowest BCUT2D eigenvalue weighted by atomic mass is 10.00. The second-order valence-electron chi connectivity index (χ2n) is 4.78. The minimum Gasteiger partial charge on any atom is -0.493 e. The van der Waals surface area contributed by atoms with Crippen molar-refractivity contribution in [2.75, 3.05) is 0 Å². The van der Waals surface area contributed by atoms with Crippen LogP contribution in [0, 0.1) is 20.8 Å². The number of rotatable bonds is 1. The highest BCUT2D eigenvalue weighted by atomic mass is 35.5. The summed E-state index contributed by atoms with van der Waals surface area (Å²) in [5.74, 6) is 0.360. The van der Waals surface area contributed by atoms with Gasteiger partial charge in [0.05, 0.1) is 11.3 Å². The predicted octanol–water partition coefficient (Wildman–Crippen LogP) is 3.08. The molecule has 0 saturated heterocycles. The fraction of sp³-hybridized carbons (Fsp3) is 0.214. The van der Waals surface area contributed by atoms with Gasteiger partial charge in [-0.25, -0.2) is 4.98 Å². The van der Waals surface area contributed by atoms with E-state index in [-0.39, 0.29) is 5.88 Å². The lowest BCUT2D eigenvalue weighted by Crippen LogP contribution is -1.99. The molecule has 0 aliphatic heterocycles. The number of aryl methyl sites for hydroxylation is 3. The molecule has 0 aliphatic rings. The van der Waals surface area contributed by atoms with Crippen LogP contribution in [0.3, 0.4) is 0 Å². The van der Waals surface area contributed by atoms with Crippen LogP contribution < -0.4 is 0 Å². The Morgan fingerprint density at radius 3 is 2.60 bits per heavy atom. The fourth-order valence-corrected chi connectivity index (χ4v) is 2.54. The van der Waals surface area contributed by atoms with Crippen LogP contribution in [0.25, 0.3) is 16.9 Å². The summed E-state index contributed by atoms with van der Waals surface area (Å²) >= 11 is 6.32. The van der Waals surface area contributed by atoms with Gasteiger partial charge in [-0.2, -0.15) is 14.6 Å². The van der Waals surface area contributed by atoms with Gasteiger partial charge in [0.25, 0.3) is 5.78 Å². The smallest absolute Gasteiger partial charge is 0.255 e. The first-order chi connectivity index (χ1) is 9.49. The molecule has 0 spiro atoms. The standard InChI is InChI=1S/C14H13ClN4O/c1-7-4-10(11(15)5-8(7)2)12-9(3)18-14-16-6-17-19(14)13(12)20/h4-6,20H,1-3H3. The molecule has 0 aliphatic carbocycles. The van der Waals surface area contributed by atoms with Crippen LogP contribution in [-0.2, 0) is 0 Å². The topological polar surface area (TPSA) is 63.3 Å². The number of nitrogens with zero attached hydrogens (tertiary/aromatic N) is 4. The number of aromatic hydroxyl groups is 1. The quantitative estimate of drug-likeness (QED) is 0.747. The summed E-state index contributed by atoms with van der Waals surface area (Å²) in [7, 11) is 0. The normalized spacial score (nSPS) is 11.2. The average molecular weight is 289 g/mol. The largest absolute Gasteiger partial charge is 0.493 e. The zero-order valence-electron chi connectivity index (χ0n) is 11.3. The zero-order chi connectivity index (χ0) is 14.4. The highest BCUT2D eigenvalue weighted by molar-refractivity contribution is 6.33. The molecule has 1 N–H and O–H groups in total. The summed E-state index contributed by atoms with van der Waals surface area (Å²) in [6.45, 7) is 5.81. The van der Waals surface area contributed by atoms with Crippen LogP contribution >= 0.6 is 11.6 Å². The van der Waals surface area contributed by atoms with Crippen molar-refractivity contribution in [3.63, 3.8) is 0 Å². The van der Waals surface area contributed by atoms with Crippen LogP contribution in [0.15, 0.2) is 18.5 Å². The molecular weight excluding hydrogens is 276 g/mol. The van der Waals surface area contributed by atoms with Gasteiger partial charge in [-0.05, 0) is 44.0 Å². The highest BCUT2D eigenvalue weighted by Gasteiger charge is 2.18. The molecule has 5 nitrogen and oxygen atoms in total. The molecule has 0 saturated carbocycles.